The zero-order chi connectivity index (χ0) is 15.8. The first-order valence-corrected chi connectivity index (χ1v) is 6.88. The molecule has 1 rings (SSSR count). The van der Waals surface area contributed by atoms with Crippen molar-refractivity contribution < 1.29 is 23.9 Å². The number of carboxylic acid groups (broad SMARTS) is 1. The Morgan fingerprint density at radius 3 is 2.38 bits per heavy atom. The second kappa shape index (κ2) is 8.08. The molecule has 0 fully saturated rings. The number of hydrogen-bond acceptors (Lipinski definition) is 4. The molecule has 0 radical (unpaired) electrons. The lowest BCUT2D eigenvalue weighted by Crippen LogP contribution is -2.41. The Bertz CT molecular complexity index is 509. The van der Waals surface area contributed by atoms with Crippen LogP contribution in [0, 0.1) is 0 Å². The van der Waals surface area contributed by atoms with E-state index in [0.29, 0.717) is 19.5 Å². The molecule has 7 heteroatoms. The third kappa shape index (κ3) is 4.94. The van der Waals surface area contributed by atoms with Gasteiger partial charge in [0.1, 0.15) is 0 Å². The third-order valence-electron chi connectivity index (χ3n) is 2.71. The predicted molar refractivity (Wildman–Crippen MR) is 75.2 cm³/mol. The fourth-order valence-corrected chi connectivity index (χ4v) is 1.74. The maximum absolute atomic E-state index is 12.2. The minimum Gasteiger partial charge on any atom is -0.475 e. The van der Waals surface area contributed by atoms with Crippen LogP contribution in [0.3, 0.4) is 0 Å². The topological polar surface area (TPSA) is 99.9 Å². The van der Waals surface area contributed by atoms with Gasteiger partial charge in [0.2, 0.25) is 11.7 Å². The summed E-state index contributed by atoms with van der Waals surface area (Å²) in [6, 6.07) is 2.52. The number of amides is 2. The van der Waals surface area contributed by atoms with Crippen LogP contribution in [0.4, 0.5) is 0 Å². The number of aromatic carboxylic acids is 1. The molecule has 7 nitrogen and oxygen atoms in total. The number of nitrogens with zero attached hydrogens (tertiary/aromatic N) is 1. The molecular formula is C14H20N2O5. The molecule has 1 aromatic heterocycles. The van der Waals surface area contributed by atoms with Crippen molar-refractivity contribution in [1.82, 2.24) is 10.2 Å². The van der Waals surface area contributed by atoms with E-state index in [9.17, 15) is 14.4 Å². The molecule has 0 aliphatic rings. The fraction of sp³-hybridized carbons (Fsp3) is 0.500. The van der Waals surface area contributed by atoms with Crippen LogP contribution >= 0.6 is 0 Å². The third-order valence-corrected chi connectivity index (χ3v) is 2.71. The van der Waals surface area contributed by atoms with Crippen molar-refractivity contribution >= 4 is 17.8 Å². The van der Waals surface area contributed by atoms with E-state index in [4.69, 9.17) is 9.52 Å². The molecular weight excluding hydrogens is 276 g/mol. The fourth-order valence-electron chi connectivity index (χ4n) is 1.74. The Morgan fingerprint density at radius 2 is 1.86 bits per heavy atom. The number of nitrogens with one attached hydrogen (secondary N) is 1. The summed E-state index contributed by atoms with van der Waals surface area (Å²) in [7, 11) is 0. The van der Waals surface area contributed by atoms with Crippen molar-refractivity contribution in [1.29, 1.82) is 0 Å². The second-order valence-corrected chi connectivity index (χ2v) is 4.55. The van der Waals surface area contributed by atoms with Gasteiger partial charge in [-0.25, -0.2) is 4.79 Å². The molecule has 2 N–H and O–H groups in total. The van der Waals surface area contributed by atoms with Crippen LogP contribution in [0.1, 0.15) is 47.8 Å². The maximum atomic E-state index is 12.2. The van der Waals surface area contributed by atoms with E-state index in [1.807, 2.05) is 13.8 Å². The lowest BCUT2D eigenvalue weighted by Gasteiger charge is -2.20. The van der Waals surface area contributed by atoms with Gasteiger partial charge in [-0.1, -0.05) is 13.8 Å². The number of hydrogen-bond donors (Lipinski definition) is 2. The van der Waals surface area contributed by atoms with E-state index in [1.54, 1.807) is 0 Å². The van der Waals surface area contributed by atoms with Gasteiger partial charge in [0.15, 0.2) is 5.76 Å². The molecule has 0 saturated carbocycles. The number of carbonyl (C=O) groups excluding carboxylic acids is 2. The minimum atomic E-state index is -1.24. The molecule has 0 aliphatic heterocycles. The van der Waals surface area contributed by atoms with Crippen LogP contribution in [0.15, 0.2) is 16.5 Å². The van der Waals surface area contributed by atoms with Gasteiger partial charge in [-0.2, -0.15) is 0 Å². The maximum Gasteiger partial charge on any atom is 0.371 e. The van der Waals surface area contributed by atoms with E-state index in [2.05, 4.69) is 5.32 Å². The van der Waals surface area contributed by atoms with Crippen LogP contribution < -0.4 is 5.32 Å². The zero-order valence-corrected chi connectivity index (χ0v) is 12.2. The average molecular weight is 296 g/mol. The van der Waals surface area contributed by atoms with Crippen molar-refractivity contribution in [3.8, 4) is 0 Å². The molecule has 0 bridgehead atoms. The first-order valence-electron chi connectivity index (χ1n) is 6.88. The largest absolute Gasteiger partial charge is 0.475 e. The SMILES string of the molecule is CCCNC(=O)CN(CCC)C(=O)c1ccc(C(=O)O)o1. The van der Waals surface area contributed by atoms with Crippen molar-refractivity contribution in [2.24, 2.45) is 0 Å². The zero-order valence-electron chi connectivity index (χ0n) is 12.2. The monoisotopic (exact) mass is 296 g/mol. The highest BCUT2D eigenvalue weighted by Crippen LogP contribution is 2.11. The molecule has 0 aromatic carbocycles. The van der Waals surface area contributed by atoms with Crippen LogP contribution in [-0.2, 0) is 4.79 Å². The van der Waals surface area contributed by atoms with Gasteiger partial charge in [0.25, 0.3) is 5.91 Å². The molecule has 21 heavy (non-hydrogen) atoms. The van der Waals surface area contributed by atoms with E-state index in [1.165, 1.54) is 17.0 Å². The number of carbonyl (C=O) groups is 3. The van der Waals surface area contributed by atoms with Crippen molar-refractivity contribution in [3.05, 3.63) is 23.7 Å². The van der Waals surface area contributed by atoms with Gasteiger partial charge in [0, 0.05) is 13.1 Å². The minimum absolute atomic E-state index is 0.0736. The Hall–Kier alpha value is -2.31. The van der Waals surface area contributed by atoms with Gasteiger partial charge in [0.05, 0.1) is 6.54 Å². The molecule has 0 saturated heterocycles. The highest BCUT2D eigenvalue weighted by Gasteiger charge is 2.22. The van der Waals surface area contributed by atoms with E-state index >= 15 is 0 Å². The first kappa shape index (κ1) is 16.7. The van der Waals surface area contributed by atoms with Crippen molar-refractivity contribution in [2.75, 3.05) is 19.6 Å². The summed E-state index contributed by atoms with van der Waals surface area (Å²) in [5.41, 5.74) is 0. The number of furan rings is 1. The van der Waals surface area contributed by atoms with Crippen LogP contribution in [0.2, 0.25) is 0 Å². The summed E-state index contributed by atoms with van der Waals surface area (Å²) in [6.45, 7) is 4.69. The summed E-state index contributed by atoms with van der Waals surface area (Å²) >= 11 is 0. The lowest BCUT2D eigenvalue weighted by molar-refractivity contribution is -0.121. The Balaban J connectivity index is 2.76. The van der Waals surface area contributed by atoms with Gasteiger partial charge in [-0.3, -0.25) is 9.59 Å². The van der Waals surface area contributed by atoms with E-state index in [-0.39, 0.29) is 24.0 Å². The summed E-state index contributed by atoms with van der Waals surface area (Å²) in [4.78, 5) is 36.0. The molecule has 116 valence electrons. The first-order chi connectivity index (χ1) is 9.99. The smallest absolute Gasteiger partial charge is 0.371 e. The lowest BCUT2D eigenvalue weighted by atomic mass is 10.3. The Kier molecular flexibility index (Phi) is 6.45. The molecule has 0 spiro atoms. The molecule has 1 heterocycles. The molecule has 0 atom stereocenters. The van der Waals surface area contributed by atoms with Crippen LogP contribution in [0.5, 0.6) is 0 Å². The summed E-state index contributed by atoms with van der Waals surface area (Å²) in [5, 5.41) is 11.5. The van der Waals surface area contributed by atoms with E-state index in [0.717, 1.165) is 6.42 Å². The normalized spacial score (nSPS) is 10.2. The summed E-state index contributed by atoms with van der Waals surface area (Å²) in [6.07, 6.45) is 1.49. The molecule has 2 amide bonds. The molecule has 0 aliphatic carbocycles. The van der Waals surface area contributed by atoms with Crippen LogP contribution in [-0.4, -0.2) is 47.4 Å². The van der Waals surface area contributed by atoms with Gasteiger partial charge < -0.3 is 19.7 Å². The second-order valence-electron chi connectivity index (χ2n) is 4.55. The Labute approximate surface area is 122 Å². The van der Waals surface area contributed by atoms with Gasteiger partial charge >= 0.3 is 5.97 Å². The number of carboxylic acids is 1. The standard InChI is InChI=1S/C14H20N2O5/c1-3-7-15-12(17)9-16(8-4-2)13(18)10-5-6-11(21-10)14(19)20/h5-6H,3-4,7-9H2,1-2H3,(H,15,17)(H,19,20). The predicted octanol–water partition coefficient (Wildman–Crippen LogP) is 1.36. The summed E-state index contributed by atoms with van der Waals surface area (Å²) < 4.78 is 4.97. The van der Waals surface area contributed by atoms with E-state index < -0.39 is 11.9 Å². The van der Waals surface area contributed by atoms with Gasteiger partial charge in [-0.15, -0.1) is 0 Å². The molecule has 1 aromatic rings. The summed E-state index contributed by atoms with van der Waals surface area (Å²) in [5.74, 6) is -2.36. The highest BCUT2D eigenvalue weighted by atomic mass is 16.4. The Morgan fingerprint density at radius 1 is 1.19 bits per heavy atom. The molecule has 0 unspecified atom stereocenters. The number of rotatable bonds is 8. The van der Waals surface area contributed by atoms with Crippen molar-refractivity contribution in [3.63, 3.8) is 0 Å². The van der Waals surface area contributed by atoms with Crippen LogP contribution in [0.25, 0.3) is 0 Å². The highest BCUT2D eigenvalue weighted by molar-refractivity contribution is 5.95. The quantitative estimate of drug-likeness (QED) is 0.754. The van der Waals surface area contributed by atoms with Gasteiger partial charge in [-0.05, 0) is 25.0 Å². The van der Waals surface area contributed by atoms with Crippen molar-refractivity contribution in [2.45, 2.75) is 26.7 Å². The average Bonchev–Trinajstić information content (AvgIpc) is 2.93.